The zero-order chi connectivity index (χ0) is 26.0. The maximum atomic E-state index is 13.5. The van der Waals surface area contributed by atoms with Crippen molar-refractivity contribution in [3.63, 3.8) is 0 Å². The van der Waals surface area contributed by atoms with E-state index >= 15 is 0 Å². The van der Waals surface area contributed by atoms with Crippen molar-refractivity contribution >= 4 is 30.1 Å². The summed E-state index contributed by atoms with van der Waals surface area (Å²) < 4.78 is 11.0. The topological polar surface area (TPSA) is 125 Å². The fourth-order valence-electron chi connectivity index (χ4n) is 4.86. The molecule has 0 aliphatic carbocycles. The SMILES string of the molecule is CC(C)(C)[C@@H]1NC(=O)OCCC/C=C/c2cccc3c2CN(C3)C(=O)O[C@@H]2C[C@@H](C(=O)O)N(C2)C1=O. The Morgan fingerprint density at radius 3 is 2.67 bits per heavy atom. The minimum absolute atomic E-state index is 0.0249. The number of hydrogen-bond donors (Lipinski definition) is 2. The first kappa shape index (κ1) is 25.5. The number of carbonyl (C=O) groups is 4. The van der Waals surface area contributed by atoms with Crippen molar-refractivity contribution in [2.45, 2.75) is 71.3 Å². The fourth-order valence-corrected chi connectivity index (χ4v) is 4.86. The van der Waals surface area contributed by atoms with Gasteiger partial charge in [-0.2, -0.15) is 0 Å². The molecule has 4 rings (SSSR count). The Balaban J connectivity index is 1.61. The summed E-state index contributed by atoms with van der Waals surface area (Å²) in [4.78, 5) is 53.8. The molecule has 0 aromatic heterocycles. The number of alkyl carbamates (subject to hydrolysis) is 1. The van der Waals surface area contributed by atoms with Crippen LogP contribution in [0.4, 0.5) is 9.59 Å². The molecule has 194 valence electrons. The molecule has 3 amide bonds. The lowest BCUT2D eigenvalue weighted by Gasteiger charge is -2.34. The molecule has 2 N–H and O–H groups in total. The number of hydrogen-bond acceptors (Lipinski definition) is 6. The largest absolute Gasteiger partial charge is 0.480 e. The van der Waals surface area contributed by atoms with Crippen LogP contribution in [0.25, 0.3) is 6.08 Å². The Bertz CT molecular complexity index is 1080. The number of cyclic esters (lactones) is 1. The van der Waals surface area contributed by atoms with Crippen molar-refractivity contribution in [1.29, 1.82) is 0 Å². The van der Waals surface area contributed by atoms with Gasteiger partial charge in [0.05, 0.1) is 19.7 Å². The molecule has 0 unspecified atom stereocenters. The average molecular weight is 500 g/mol. The van der Waals surface area contributed by atoms with E-state index in [1.807, 2.05) is 30.4 Å². The Morgan fingerprint density at radius 2 is 1.94 bits per heavy atom. The van der Waals surface area contributed by atoms with Crippen LogP contribution in [0, 0.1) is 5.41 Å². The van der Waals surface area contributed by atoms with Gasteiger partial charge >= 0.3 is 18.2 Å². The number of ether oxygens (including phenoxy) is 2. The number of carboxylic acids is 1. The van der Waals surface area contributed by atoms with E-state index in [2.05, 4.69) is 5.32 Å². The highest BCUT2D eigenvalue weighted by Crippen LogP contribution is 2.30. The van der Waals surface area contributed by atoms with E-state index in [1.165, 1.54) is 4.90 Å². The Morgan fingerprint density at radius 1 is 1.17 bits per heavy atom. The second kappa shape index (κ2) is 10.2. The molecule has 10 nitrogen and oxygen atoms in total. The number of rotatable bonds is 1. The van der Waals surface area contributed by atoms with Crippen molar-refractivity contribution in [3.05, 3.63) is 41.0 Å². The number of carbonyl (C=O) groups excluding carboxylic acids is 3. The van der Waals surface area contributed by atoms with Gasteiger partial charge in [0.25, 0.3) is 0 Å². The molecule has 3 heterocycles. The van der Waals surface area contributed by atoms with Crippen LogP contribution in [0.5, 0.6) is 0 Å². The van der Waals surface area contributed by atoms with Crippen molar-refractivity contribution < 1.29 is 33.8 Å². The fraction of sp³-hybridized carbons (Fsp3) is 0.538. The highest BCUT2D eigenvalue weighted by atomic mass is 16.6. The van der Waals surface area contributed by atoms with Crippen LogP contribution in [-0.4, -0.2) is 70.3 Å². The third-order valence-corrected chi connectivity index (χ3v) is 6.80. The third kappa shape index (κ3) is 5.47. The maximum Gasteiger partial charge on any atom is 0.410 e. The minimum Gasteiger partial charge on any atom is -0.480 e. The number of aliphatic carboxylic acids is 1. The van der Waals surface area contributed by atoms with E-state index in [4.69, 9.17) is 9.47 Å². The van der Waals surface area contributed by atoms with Crippen molar-refractivity contribution in [2.24, 2.45) is 5.41 Å². The van der Waals surface area contributed by atoms with E-state index in [-0.39, 0.29) is 19.6 Å². The smallest absolute Gasteiger partial charge is 0.410 e. The van der Waals surface area contributed by atoms with Gasteiger partial charge in [0.2, 0.25) is 5.91 Å². The predicted molar refractivity (Wildman–Crippen MR) is 130 cm³/mol. The van der Waals surface area contributed by atoms with Gasteiger partial charge in [0.15, 0.2) is 0 Å². The molecule has 0 saturated carbocycles. The van der Waals surface area contributed by atoms with Crippen LogP contribution < -0.4 is 5.32 Å². The Hall–Kier alpha value is -3.56. The molecule has 1 aromatic rings. The van der Waals surface area contributed by atoms with Crippen LogP contribution in [-0.2, 0) is 32.2 Å². The van der Waals surface area contributed by atoms with Gasteiger partial charge in [-0.3, -0.25) is 9.69 Å². The number of fused-ring (bicyclic) bond motifs is 3. The molecule has 3 atom stereocenters. The Labute approximate surface area is 210 Å². The van der Waals surface area contributed by atoms with Crippen LogP contribution in [0.1, 0.15) is 56.7 Å². The summed E-state index contributed by atoms with van der Waals surface area (Å²) in [6.45, 7) is 6.23. The molecule has 3 aliphatic heterocycles. The molecular formula is C26H33N3O7. The van der Waals surface area contributed by atoms with Crippen molar-refractivity contribution in [3.8, 4) is 0 Å². The summed E-state index contributed by atoms with van der Waals surface area (Å²) in [7, 11) is 0. The maximum absolute atomic E-state index is 13.5. The molecule has 1 aromatic carbocycles. The van der Waals surface area contributed by atoms with Gasteiger partial charge in [-0.05, 0) is 34.9 Å². The first-order valence-corrected chi connectivity index (χ1v) is 12.2. The molecule has 1 fully saturated rings. The van der Waals surface area contributed by atoms with Gasteiger partial charge in [0, 0.05) is 13.0 Å². The van der Waals surface area contributed by atoms with Gasteiger partial charge in [-0.1, -0.05) is 51.1 Å². The van der Waals surface area contributed by atoms with Gasteiger partial charge in [0.1, 0.15) is 18.2 Å². The van der Waals surface area contributed by atoms with Crippen molar-refractivity contribution in [1.82, 2.24) is 15.1 Å². The molecule has 3 aliphatic rings. The molecular weight excluding hydrogens is 466 g/mol. The molecule has 0 spiro atoms. The quantitative estimate of drug-likeness (QED) is 0.608. The summed E-state index contributed by atoms with van der Waals surface area (Å²) in [6.07, 6.45) is 3.20. The van der Waals surface area contributed by atoms with Gasteiger partial charge in [-0.25, -0.2) is 14.4 Å². The van der Waals surface area contributed by atoms with Crippen LogP contribution in [0.2, 0.25) is 0 Å². The number of benzene rings is 1. The van der Waals surface area contributed by atoms with Crippen molar-refractivity contribution in [2.75, 3.05) is 13.2 Å². The summed E-state index contributed by atoms with van der Waals surface area (Å²) >= 11 is 0. The normalized spacial score (nSPS) is 26.3. The standard InChI is InChI=1S/C26H33N3O7/c1-26(2,3)21-22(30)29-14-18(12-20(29)23(31)32)36-25(34)28-13-17-10-7-9-16(19(17)15-28)8-5-4-6-11-35-24(33)27-21/h5,7-10,18,20-21H,4,6,11-15H2,1-3H3,(H,27,33)(H,31,32)/b8-5+/t18-,20+,21-/m1/s1. The molecule has 4 bridgehead atoms. The van der Waals surface area contributed by atoms with Crippen LogP contribution >= 0.6 is 0 Å². The first-order chi connectivity index (χ1) is 17.0. The highest BCUT2D eigenvalue weighted by molar-refractivity contribution is 5.90. The third-order valence-electron chi connectivity index (χ3n) is 6.80. The monoisotopic (exact) mass is 499 g/mol. The minimum atomic E-state index is -1.19. The van der Waals surface area contributed by atoms with Crippen LogP contribution in [0.3, 0.4) is 0 Å². The predicted octanol–water partition coefficient (Wildman–Crippen LogP) is 3.14. The number of carboxylic acid groups (broad SMARTS) is 1. The zero-order valence-electron chi connectivity index (χ0n) is 20.9. The van der Waals surface area contributed by atoms with Gasteiger partial charge in [-0.15, -0.1) is 0 Å². The first-order valence-electron chi connectivity index (χ1n) is 12.2. The van der Waals surface area contributed by atoms with E-state index in [9.17, 15) is 24.3 Å². The van der Waals surface area contributed by atoms with E-state index in [0.717, 1.165) is 16.7 Å². The average Bonchev–Trinajstić information content (AvgIpc) is 3.43. The number of allylic oxidation sites excluding steroid dienone is 1. The lowest BCUT2D eigenvalue weighted by Crippen LogP contribution is -2.57. The molecule has 10 heteroatoms. The van der Waals surface area contributed by atoms with E-state index in [1.54, 1.807) is 25.7 Å². The number of nitrogens with zero attached hydrogens (tertiary/aromatic N) is 2. The molecule has 1 saturated heterocycles. The molecule has 36 heavy (non-hydrogen) atoms. The zero-order valence-corrected chi connectivity index (χ0v) is 20.9. The summed E-state index contributed by atoms with van der Waals surface area (Å²) in [5.74, 6) is -1.74. The second-order valence-corrected chi connectivity index (χ2v) is 10.6. The molecule has 0 radical (unpaired) electrons. The number of amides is 3. The Kier molecular flexibility index (Phi) is 7.23. The second-order valence-electron chi connectivity index (χ2n) is 10.6. The lowest BCUT2D eigenvalue weighted by atomic mass is 9.85. The van der Waals surface area contributed by atoms with Gasteiger partial charge < -0.3 is 24.8 Å². The summed E-state index contributed by atoms with van der Waals surface area (Å²) in [5.41, 5.74) is 2.37. The summed E-state index contributed by atoms with van der Waals surface area (Å²) in [6, 6.07) is 3.71. The van der Waals surface area contributed by atoms with E-state index in [0.29, 0.717) is 25.9 Å². The number of nitrogens with one attached hydrogen (secondary N) is 1. The summed E-state index contributed by atoms with van der Waals surface area (Å²) in [5, 5.41) is 12.4. The van der Waals surface area contributed by atoms with E-state index < -0.39 is 47.7 Å². The van der Waals surface area contributed by atoms with Crippen LogP contribution in [0.15, 0.2) is 24.3 Å². The lowest BCUT2D eigenvalue weighted by molar-refractivity contribution is -0.150. The highest BCUT2D eigenvalue weighted by Gasteiger charge is 2.46.